The van der Waals surface area contributed by atoms with Gasteiger partial charge in [-0.1, -0.05) is 33.6 Å². The molecule has 2 N–H and O–H groups in total. The standard InChI is InChI=1S/C21H13BrClF3N4O2/c22-14-4-6-18(29-19(31)13-2-1-7-27-11-13)15(9-14)20(32)30-28-10-12-3-5-17(23)16(8-12)21(24,25)26/h1-11H,(H,29,31)(H,30,32)/b28-10+. The topological polar surface area (TPSA) is 83.5 Å². The van der Waals surface area contributed by atoms with E-state index in [0.717, 1.165) is 18.3 Å². The Kier molecular flexibility index (Phi) is 7.26. The zero-order valence-corrected chi connectivity index (χ0v) is 18.3. The molecule has 32 heavy (non-hydrogen) atoms. The number of halogens is 5. The van der Waals surface area contributed by atoms with Gasteiger partial charge in [0.15, 0.2) is 0 Å². The number of anilines is 1. The number of carbonyl (C=O) groups is 2. The molecule has 0 saturated heterocycles. The maximum absolute atomic E-state index is 13.0. The van der Waals surface area contributed by atoms with Crippen LogP contribution in [0.2, 0.25) is 5.02 Å². The molecule has 11 heteroatoms. The Morgan fingerprint density at radius 3 is 2.56 bits per heavy atom. The number of hydrogen-bond acceptors (Lipinski definition) is 4. The first kappa shape index (κ1) is 23.4. The summed E-state index contributed by atoms with van der Waals surface area (Å²) in [5.41, 5.74) is 1.89. The second-order valence-electron chi connectivity index (χ2n) is 6.32. The number of amides is 2. The van der Waals surface area contributed by atoms with E-state index in [9.17, 15) is 22.8 Å². The first-order valence-electron chi connectivity index (χ1n) is 8.86. The van der Waals surface area contributed by atoms with Crippen molar-refractivity contribution in [3.63, 3.8) is 0 Å². The van der Waals surface area contributed by atoms with Crippen molar-refractivity contribution in [3.8, 4) is 0 Å². The maximum Gasteiger partial charge on any atom is 0.417 e. The molecule has 164 valence electrons. The van der Waals surface area contributed by atoms with E-state index in [1.54, 1.807) is 18.2 Å². The Morgan fingerprint density at radius 2 is 1.88 bits per heavy atom. The number of pyridine rings is 1. The molecule has 0 saturated carbocycles. The lowest BCUT2D eigenvalue weighted by atomic mass is 10.1. The molecule has 0 bridgehead atoms. The van der Waals surface area contributed by atoms with Crippen LogP contribution >= 0.6 is 27.5 Å². The molecular formula is C21H13BrClF3N4O2. The molecule has 1 heterocycles. The summed E-state index contributed by atoms with van der Waals surface area (Å²) in [5, 5.41) is 5.88. The summed E-state index contributed by atoms with van der Waals surface area (Å²) in [7, 11) is 0. The van der Waals surface area contributed by atoms with Crippen molar-refractivity contribution >= 4 is 51.2 Å². The van der Waals surface area contributed by atoms with Crippen molar-refractivity contribution in [3.05, 3.63) is 92.7 Å². The van der Waals surface area contributed by atoms with Crippen LogP contribution in [0.4, 0.5) is 18.9 Å². The number of hydrazone groups is 1. The van der Waals surface area contributed by atoms with Gasteiger partial charge in [0.05, 0.1) is 33.6 Å². The van der Waals surface area contributed by atoms with E-state index in [1.165, 1.54) is 30.6 Å². The number of alkyl halides is 3. The molecule has 0 aliphatic rings. The quantitative estimate of drug-likeness (QED) is 0.339. The summed E-state index contributed by atoms with van der Waals surface area (Å²) < 4.78 is 39.5. The summed E-state index contributed by atoms with van der Waals surface area (Å²) in [6.07, 6.45) is -0.678. The van der Waals surface area contributed by atoms with Crippen LogP contribution in [0.1, 0.15) is 31.8 Å². The van der Waals surface area contributed by atoms with Gasteiger partial charge in [-0.05, 0) is 48.0 Å². The SMILES string of the molecule is O=C(Nc1ccc(Br)cc1C(=O)N/N=C/c1ccc(Cl)c(C(F)(F)F)c1)c1cccnc1. The Hall–Kier alpha value is -3.24. The van der Waals surface area contributed by atoms with Crippen molar-refractivity contribution in [2.24, 2.45) is 5.10 Å². The second-order valence-corrected chi connectivity index (χ2v) is 7.64. The third-order valence-electron chi connectivity index (χ3n) is 4.07. The van der Waals surface area contributed by atoms with Crippen molar-refractivity contribution in [2.75, 3.05) is 5.32 Å². The summed E-state index contributed by atoms with van der Waals surface area (Å²) >= 11 is 8.84. The van der Waals surface area contributed by atoms with E-state index in [1.807, 2.05) is 0 Å². The van der Waals surface area contributed by atoms with Crippen LogP contribution in [0.15, 0.2) is 70.5 Å². The zero-order chi connectivity index (χ0) is 23.3. The fourth-order valence-electron chi connectivity index (χ4n) is 2.57. The van der Waals surface area contributed by atoms with E-state index in [4.69, 9.17) is 11.6 Å². The molecule has 1 aromatic heterocycles. The number of aromatic nitrogens is 1. The van der Waals surface area contributed by atoms with Gasteiger partial charge >= 0.3 is 6.18 Å². The number of nitrogens with zero attached hydrogens (tertiary/aromatic N) is 2. The third-order valence-corrected chi connectivity index (χ3v) is 4.90. The Balaban J connectivity index is 1.77. The molecule has 3 aromatic rings. The van der Waals surface area contributed by atoms with Gasteiger partial charge in [0, 0.05) is 16.9 Å². The number of benzene rings is 2. The fraction of sp³-hybridized carbons (Fsp3) is 0.0476. The van der Waals surface area contributed by atoms with Gasteiger partial charge in [-0.3, -0.25) is 14.6 Å². The molecule has 2 aromatic carbocycles. The molecule has 0 aliphatic heterocycles. The van der Waals surface area contributed by atoms with Gasteiger partial charge in [-0.25, -0.2) is 5.43 Å². The third kappa shape index (κ3) is 5.92. The normalized spacial score (nSPS) is 11.4. The highest BCUT2D eigenvalue weighted by molar-refractivity contribution is 9.10. The van der Waals surface area contributed by atoms with E-state index in [2.05, 4.69) is 36.8 Å². The van der Waals surface area contributed by atoms with E-state index < -0.39 is 28.6 Å². The first-order valence-corrected chi connectivity index (χ1v) is 10.0. The van der Waals surface area contributed by atoms with Crippen LogP contribution in [0, 0.1) is 0 Å². The zero-order valence-electron chi connectivity index (χ0n) is 16.0. The van der Waals surface area contributed by atoms with Gasteiger partial charge < -0.3 is 5.32 Å². The van der Waals surface area contributed by atoms with Gasteiger partial charge in [-0.2, -0.15) is 18.3 Å². The Bertz CT molecular complexity index is 1190. The molecule has 2 amide bonds. The maximum atomic E-state index is 13.0. The molecule has 6 nitrogen and oxygen atoms in total. The highest BCUT2D eigenvalue weighted by Gasteiger charge is 2.33. The van der Waals surface area contributed by atoms with Gasteiger partial charge in [0.1, 0.15) is 0 Å². The predicted molar refractivity (Wildman–Crippen MR) is 118 cm³/mol. The smallest absolute Gasteiger partial charge is 0.321 e. The molecule has 0 unspecified atom stereocenters. The number of carbonyl (C=O) groups excluding carboxylic acids is 2. The molecule has 0 spiro atoms. The Labute approximate surface area is 193 Å². The van der Waals surface area contributed by atoms with Crippen molar-refractivity contribution in [2.45, 2.75) is 6.18 Å². The molecule has 0 atom stereocenters. The summed E-state index contributed by atoms with van der Waals surface area (Å²) in [5.74, 6) is -1.16. The average molecular weight is 526 g/mol. The van der Waals surface area contributed by atoms with Crippen LogP contribution in [0.25, 0.3) is 0 Å². The predicted octanol–water partition coefficient (Wildman–Crippen LogP) is 5.53. The lowest BCUT2D eigenvalue weighted by Crippen LogP contribution is -2.21. The van der Waals surface area contributed by atoms with Gasteiger partial charge in [0.25, 0.3) is 11.8 Å². The summed E-state index contributed by atoms with van der Waals surface area (Å²) in [4.78, 5) is 28.9. The minimum absolute atomic E-state index is 0.0841. The highest BCUT2D eigenvalue weighted by Crippen LogP contribution is 2.34. The van der Waals surface area contributed by atoms with Crippen LogP contribution in [0.5, 0.6) is 0 Å². The van der Waals surface area contributed by atoms with E-state index in [0.29, 0.717) is 10.0 Å². The van der Waals surface area contributed by atoms with Crippen LogP contribution in [-0.4, -0.2) is 23.0 Å². The lowest BCUT2D eigenvalue weighted by Gasteiger charge is -2.11. The van der Waals surface area contributed by atoms with E-state index >= 15 is 0 Å². The monoisotopic (exact) mass is 524 g/mol. The number of nitrogens with one attached hydrogen (secondary N) is 2. The Morgan fingerprint density at radius 1 is 1.09 bits per heavy atom. The number of rotatable bonds is 5. The summed E-state index contributed by atoms with van der Waals surface area (Å²) in [6, 6.07) is 11.0. The summed E-state index contributed by atoms with van der Waals surface area (Å²) in [6.45, 7) is 0. The van der Waals surface area contributed by atoms with Crippen molar-refractivity contribution in [1.82, 2.24) is 10.4 Å². The largest absolute Gasteiger partial charge is 0.417 e. The molecule has 0 fully saturated rings. The second kappa shape index (κ2) is 9.92. The van der Waals surface area contributed by atoms with Gasteiger partial charge in [-0.15, -0.1) is 0 Å². The lowest BCUT2D eigenvalue weighted by molar-refractivity contribution is -0.137. The molecule has 3 rings (SSSR count). The van der Waals surface area contributed by atoms with E-state index in [-0.39, 0.29) is 16.8 Å². The fourth-order valence-corrected chi connectivity index (χ4v) is 3.16. The van der Waals surface area contributed by atoms with Crippen LogP contribution < -0.4 is 10.7 Å². The van der Waals surface area contributed by atoms with Crippen LogP contribution in [-0.2, 0) is 6.18 Å². The molecule has 0 aliphatic carbocycles. The molecule has 0 radical (unpaired) electrons. The van der Waals surface area contributed by atoms with Crippen molar-refractivity contribution in [1.29, 1.82) is 0 Å². The average Bonchev–Trinajstić information content (AvgIpc) is 2.75. The van der Waals surface area contributed by atoms with Crippen LogP contribution in [0.3, 0.4) is 0 Å². The molecular weight excluding hydrogens is 513 g/mol. The first-order chi connectivity index (χ1) is 15.1. The minimum Gasteiger partial charge on any atom is -0.321 e. The van der Waals surface area contributed by atoms with Crippen molar-refractivity contribution < 1.29 is 22.8 Å². The minimum atomic E-state index is -4.62. The number of hydrogen-bond donors (Lipinski definition) is 2. The van der Waals surface area contributed by atoms with Gasteiger partial charge in [0.2, 0.25) is 0 Å². The highest BCUT2D eigenvalue weighted by atomic mass is 79.9.